The lowest BCUT2D eigenvalue weighted by atomic mass is 10.0. The summed E-state index contributed by atoms with van der Waals surface area (Å²) in [4.78, 5) is 18.2. The highest BCUT2D eigenvalue weighted by Crippen LogP contribution is 2.26. The summed E-state index contributed by atoms with van der Waals surface area (Å²) in [5, 5.41) is 0.263. The van der Waals surface area contributed by atoms with E-state index in [1.54, 1.807) is 12.1 Å². The van der Waals surface area contributed by atoms with Crippen molar-refractivity contribution in [1.29, 1.82) is 0 Å². The first-order valence-electron chi connectivity index (χ1n) is 6.23. The molecule has 2 heterocycles. The van der Waals surface area contributed by atoms with Gasteiger partial charge in [-0.15, -0.1) is 0 Å². The predicted molar refractivity (Wildman–Crippen MR) is 72.6 cm³/mol. The highest BCUT2D eigenvalue weighted by Gasteiger charge is 2.31. The van der Waals surface area contributed by atoms with Crippen LogP contribution in [0.4, 0.5) is 5.82 Å². The van der Waals surface area contributed by atoms with Gasteiger partial charge >= 0.3 is 0 Å². The summed E-state index contributed by atoms with van der Waals surface area (Å²) in [6.45, 7) is 5.09. The normalized spacial score (nSPS) is 19.6. The molecule has 2 N–H and O–H groups in total. The zero-order valence-corrected chi connectivity index (χ0v) is 11.4. The molecule has 0 saturated carbocycles. The molecule has 1 atom stereocenters. The molecule has 1 unspecified atom stereocenters. The van der Waals surface area contributed by atoms with Gasteiger partial charge in [0.1, 0.15) is 11.0 Å². The fourth-order valence-corrected chi connectivity index (χ4v) is 2.76. The topological polar surface area (TPSA) is 59.2 Å². The van der Waals surface area contributed by atoms with Gasteiger partial charge in [-0.05, 0) is 30.9 Å². The van der Waals surface area contributed by atoms with Crippen LogP contribution in [-0.2, 0) is 0 Å². The number of nitrogens with two attached hydrogens (primary N) is 1. The number of hydrogen-bond acceptors (Lipinski definition) is 3. The second kappa shape index (κ2) is 5.14. The van der Waals surface area contributed by atoms with Crippen LogP contribution in [0, 0.1) is 5.92 Å². The van der Waals surface area contributed by atoms with Crippen molar-refractivity contribution < 1.29 is 4.79 Å². The minimum atomic E-state index is 0.00204. The number of likely N-dealkylation sites (tertiary alicyclic amines) is 1. The summed E-state index contributed by atoms with van der Waals surface area (Å²) >= 11 is 5.84. The van der Waals surface area contributed by atoms with Crippen molar-refractivity contribution in [2.75, 3.05) is 12.3 Å². The molecule has 1 saturated heterocycles. The van der Waals surface area contributed by atoms with Gasteiger partial charge in [0.2, 0.25) is 0 Å². The molecule has 1 amide bonds. The van der Waals surface area contributed by atoms with Gasteiger partial charge in [-0.1, -0.05) is 25.4 Å². The molecule has 5 heteroatoms. The van der Waals surface area contributed by atoms with Crippen LogP contribution in [0.25, 0.3) is 0 Å². The van der Waals surface area contributed by atoms with Crippen LogP contribution in [0.1, 0.15) is 37.0 Å². The number of carbonyl (C=O) groups excluding carboxylic acids is 1. The number of anilines is 1. The first-order chi connectivity index (χ1) is 8.49. The van der Waals surface area contributed by atoms with E-state index in [-0.39, 0.29) is 16.9 Å². The lowest BCUT2D eigenvalue weighted by molar-refractivity contribution is 0.0701. The first-order valence-corrected chi connectivity index (χ1v) is 6.61. The van der Waals surface area contributed by atoms with Gasteiger partial charge < -0.3 is 10.6 Å². The molecule has 0 spiro atoms. The monoisotopic (exact) mass is 267 g/mol. The summed E-state index contributed by atoms with van der Waals surface area (Å²) in [5.41, 5.74) is 6.15. The maximum Gasteiger partial charge on any atom is 0.254 e. The van der Waals surface area contributed by atoms with Gasteiger partial charge in [0, 0.05) is 18.2 Å². The van der Waals surface area contributed by atoms with E-state index in [9.17, 15) is 4.79 Å². The van der Waals surface area contributed by atoms with E-state index >= 15 is 0 Å². The Labute approximate surface area is 112 Å². The number of hydrogen-bond donors (Lipinski definition) is 1. The van der Waals surface area contributed by atoms with Crippen molar-refractivity contribution in [3.8, 4) is 0 Å². The standard InChI is InChI=1S/C13H18ClN3O/c1-8(2)10-4-3-5-17(10)13(18)9-6-11(14)16-12(15)7-9/h6-8,10H,3-5H2,1-2H3,(H2,15,16). The van der Waals surface area contributed by atoms with Crippen molar-refractivity contribution in [2.24, 2.45) is 5.92 Å². The van der Waals surface area contributed by atoms with Crippen molar-refractivity contribution in [2.45, 2.75) is 32.7 Å². The van der Waals surface area contributed by atoms with Gasteiger partial charge in [0.25, 0.3) is 5.91 Å². The minimum Gasteiger partial charge on any atom is -0.384 e. The number of aromatic nitrogens is 1. The van der Waals surface area contributed by atoms with Crippen LogP contribution < -0.4 is 5.73 Å². The van der Waals surface area contributed by atoms with E-state index < -0.39 is 0 Å². The Balaban J connectivity index is 2.25. The number of amides is 1. The second-order valence-electron chi connectivity index (χ2n) is 5.06. The third kappa shape index (κ3) is 2.58. The number of nitrogen functional groups attached to an aromatic ring is 1. The third-order valence-corrected chi connectivity index (χ3v) is 3.58. The molecule has 0 radical (unpaired) electrons. The molecule has 1 aliphatic rings. The highest BCUT2D eigenvalue weighted by molar-refractivity contribution is 6.29. The van der Waals surface area contributed by atoms with Crippen molar-refractivity contribution in [3.05, 3.63) is 22.8 Å². The van der Waals surface area contributed by atoms with Gasteiger partial charge in [0.15, 0.2) is 0 Å². The molecule has 98 valence electrons. The van der Waals surface area contributed by atoms with Crippen LogP contribution in [0.5, 0.6) is 0 Å². The second-order valence-corrected chi connectivity index (χ2v) is 5.44. The fraction of sp³-hybridized carbons (Fsp3) is 0.538. The Morgan fingerprint density at radius 2 is 2.28 bits per heavy atom. The third-order valence-electron chi connectivity index (χ3n) is 3.39. The Bertz CT molecular complexity index is 441. The average Bonchev–Trinajstić information content (AvgIpc) is 2.75. The summed E-state index contributed by atoms with van der Waals surface area (Å²) in [6, 6.07) is 3.48. The SMILES string of the molecule is CC(C)C1CCCN1C(=O)c1cc(N)nc(Cl)c1. The van der Waals surface area contributed by atoms with E-state index in [0.29, 0.717) is 17.5 Å². The van der Waals surface area contributed by atoms with E-state index in [4.69, 9.17) is 17.3 Å². The van der Waals surface area contributed by atoms with Crippen molar-refractivity contribution in [1.82, 2.24) is 9.88 Å². The highest BCUT2D eigenvalue weighted by atomic mass is 35.5. The number of halogens is 1. The quantitative estimate of drug-likeness (QED) is 0.838. The Morgan fingerprint density at radius 1 is 1.56 bits per heavy atom. The minimum absolute atomic E-state index is 0.00204. The number of carbonyl (C=O) groups is 1. The molecule has 4 nitrogen and oxygen atoms in total. The smallest absolute Gasteiger partial charge is 0.254 e. The van der Waals surface area contributed by atoms with Crippen LogP contribution in [-0.4, -0.2) is 28.4 Å². The van der Waals surface area contributed by atoms with E-state index in [1.165, 1.54) is 0 Å². The van der Waals surface area contributed by atoms with Crippen molar-refractivity contribution >= 4 is 23.3 Å². The Kier molecular flexibility index (Phi) is 3.76. The van der Waals surface area contributed by atoms with Gasteiger partial charge in [-0.2, -0.15) is 0 Å². The molecule has 1 aliphatic heterocycles. The molecular formula is C13H18ClN3O. The molecule has 18 heavy (non-hydrogen) atoms. The molecule has 1 fully saturated rings. The van der Waals surface area contributed by atoms with Gasteiger partial charge in [0.05, 0.1) is 0 Å². The first kappa shape index (κ1) is 13.1. The van der Waals surface area contributed by atoms with Crippen LogP contribution in [0.3, 0.4) is 0 Å². The number of nitrogens with zero attached hydrogens (tertiary/aromatic N) is 2. The van der Waals surface area contributed by atoms with Crippen molar-refractivity contribution in [3.63, 3.8) is 0 Å². The summed E-state index contributed by atoms with van der Waals surface area (Å²) in [7, 11) is 0. The zero-order valence-electron chi connectivity index (χ0n) is 10.7. The summed E-state index contributed by atoms with van der Waals surface area (Å²) < 4.78 is 0. The van der Waals surface area contributed by atoms with Crippen LogP contribution in [0.15, 0.2) is 12.1 Å². The Hall–Kier alpha value is -1.29. The zero-order chi connectivity index (χ0) is 13.3. The van der Waals surface area contributed by atoms with Crippen LogP contribution in [0.2, 0.25) is 5.15 Å². The maximum atomic E-state index is 12.5. The summed E-state index contributed by atoms with van der Waals surface area (Å²) in [5.74, 6) is 0.749. The lowest BCUT2D eigenvalue weighted by Crippen LogP contribution is -2.38. The average molecular weight is 268 g/mol. The number of pyridine rings is 1. The van der Waals surface area contributed by atoms with E-state index in [0.717, 1.165) is 19.4 Å². The number of rotatable bonds is 2. The summed E-state index contributed by atoms with van der Waals surface area (Å²) in [6.07, 6.45) is 2.13. The lowest BCUT2D eigenvalue weighted by Gasteiger charge is -2.27. The van der Waals surface area contributed by atoms with Gasteiger partial charge in [-0.25, -0.2) is 4.98 Å². The maximum absolute atomic E-state index is 12.5. The predicted octanol–water partition coefficient (Wildman–Crippen LogP) is 2.58. The largest absolute Gasteiger partial charge is 0.384 e. The van der Waals surface area contributed by atoms with E-state index in [2.05, 4.69) is 18.8 Å². The van der Waals surface area contributed by atoms with Gasteiger partial charge in [-0.3, -0.25) is 4.79 Å². The molecule has 0 bridgehead atoms. The molecule has 0 aromatic carbocycles. The molecule has 1 aromatic heterocycles. The molecule has 1 aromatic rings. The van der Waals surface area contributed by atoms with E-state index in [1.807, 2.05) is 4.90 Å². The Morgan fingerprint density at radius 3 is 2.89 bits per heavy atom. The molecule has 0 aliphatic carbocycles. The molecular weight excluding hydrogens is 250 g/mol. The fourth-order valence-electron chi connectivity index (χ4n) is 2.54. The van der Waals surface area contributed by atoms with Crippen LogP contribution >= 0.6 is 11.6 Å². The molecule has 2 rings (SSSR count).